The molecule has 204 valence electrons. The number of benzene rings is 2. The summed E-state index contributed by atoms with van der Waals surface area (Å²) >= 11 is 12.3. The van der Waals surface area contributed by atoms with Gasteiger partial charge in [0.15, 0.2) is 17.3 Å². The van der Waals surface area contributed by atoms with E-state index < -0.39 is 17.8 Å². The summed E-state index contributed by atoms with van der Waals surface area (Å²) in [5, 5.41) is 10.4. The minimum Gasteiger partial charge on any atom is -0.482 e. The maximum absolute atomic E-state index is 14.0. The maximum Gasteiger partial charge on any atom is 0.276 e. The number of carbonyl (C=O) groups is 2. The van der Waals surface area contributed by atoms with Crippen molar-refractivity contribution in [3.63, 3.8) is 0 Å². The zero-order valence-corrected chi connectivity index (χ0v) is 22.7. The summed E-state index contributed by atoms with van der Waals surface area (Å²) < 4.78 is 19.8. The summed E-state index contributed by atoms with van der Waals surface area (Å²) in [6.07, 6.45) is 1.72. The molecular formula is C27H27Cl2FN6O3. The number of nitrogens with two attached hydrogens (primary N) is 1. The van der Waals surface area contributed by atoms with Gasteiger partial charge in [-0.05, 0) is 56.2 Å². The summed E-state index contributed by atoms with van der Waals surface area (Å²) in [7, 11) is 0. The Balaban J connectivity index is 1.22. The van der Waals surface area contributed by atoms with E-state index >= 15 is 0 Å². The van der Waals surface area contributed by atoms with Crippen LogP contribution in [-0.4, -0.2) is 64.0 Å². The van der Waals surface area contributed by atoms with E-state index in [4.69, 9.17) is 33.7 Å². The van der Waals surface area contributed by atoms with Gasteiger partial charge in [0.25, 0.3) is 11.8 Å². The van der Waals surface area contributed by atoms with Gasteiger partial charge in [-0.25, -0.2) is 4.39 Å². The van der Waals surface area contributed by atoms with Crippen molar-refractivity contribution in [1.82, 2.24) is 20.0 Å². The van der Waals surface area contributed by atoms with Crippen molar-refractivity contribution in [1.29, 1.82) is 0 Å². The fraction of sp³-hybridized carbons (Fsp3) is 0.333. The molecular weight excluding hydrogens is 546 g/mol. The molecule has 0 radical (unpaired) electrons. The normalized spacial score (nSPS) is 16.6. The van der Waals surface area contributed by atoms with Gasteiger partial charge in [0.05, 0.1) is 5.02 Å². The molecule has 0 spiro atoms. The molecule has 3 N–H and O–H groups in total. The fourth-order valence-corrected chi connectivity index (χ4v) is 5.24. The zero-order chi connectivity index (χ0) is 27.7. The van der Waals surface area contributed by atoms with Crippen LogP contribution in [0.1, 0.15) is 52.3 Å². The van der Waals surface area contributed by atoms with E-state index in [2.05, 4.69) is 20.4 Å². The largest absolute Gasteiger partial charge is 0.482 e. The smallest absolute Gasteiger partial charge is 0.276 e. The van der Waals surface area contributed by atoms with Crippen LogP contribution in [-0.2, 0) is 0 Å². The molecule has 1 saturated heterocycles. The van der Waals surface area contributed by atoms with Gasteiger partial charge in [-0.1, -0.05) is 23.2 Å². The number of nitrogen functional groups attached to an aromatic ring is 1. The number of ether oxygens (including phenoxy) is 1. The molecule has 2 aromatic carbocycles. The lowest BCUT2D eigenvalue weighted by Gasteiger charge is -2.34. The monoisotopic (exact) mass is 572 g/mol. The number of nitrogens with one attached hydrogen (secondary N) is 1. The number of hydrogen-bond acceptors (Lipinski definition) is 7. The van der Waals surface area contributed by atoms with Crippen LogP contribution in [0, 0.1) is 5.82 Å². The molecule has 1 atom stereocenters. The fourth-order valence-electron chi connectivity index (χ4n) is 4.56. The third-order valence-electron chi connectivity index (χ3n) is 6.86. The molecule has 5 rings (SSSR count). The molecule has 2 heterocycles. The first-order chi connectivity index (χ1) is 18.7. The molecule has 3 aromatic rings. The number of aromatic nitrogens is 2. The van der Waals surface area contributed by atoms with Crippen LogP contribution in [0.15, 0.2) is 42.5 Å². The first-order valence-electron chi connectivity index (χ1n) is 12.6. The van der Waals surface area contributed by atoms with E-state index in [1.807, 2.05) is 4.90 Å². The lowest BCUT2D eigenvalue weighted by Crippen LogP contribution is -2.49. The minimum absolute atomic E-state index is 0.0258. The van der Waals surface area contributed by atoms with Crippen LogP contribution in [0.5, 0.6) is 5.75 Å². The zero-order valence-electron chi connectivity index (χ0n) is 21.2. The predicted molar refractivity (Wildman–Crippen MR) is 147 cm³/mol. The molecule has 1 aromatic heterocycles. The number of rotatable bonds is 7. The van der Waals surface area contributed by atoms with E-state index in [9.17, 15) is 14.0 Å². The summed E-state index contributed by atoms with van der Waals surface area (Å²) in [4.78, 5) is 30.1. The van der Waals surface area contributed by atoms with Gasteiger partial charge in [0.1, 0.15) is 11.9 Å². The molecule has 0 bridgehead atoms. The van der Waals surface area contributed by atoms with Gasteiger partial charge in [-0.3, -0.25) is 14.5 Å². The second kappa shape index (κ2) is 11.3. The highest BCUT2D eigenvalue weighted by molar-refractivity contribution is 6.36. The number of piperazine rings is 1. The Morgan fingerprint density at radius 2 is 1.77 bits per heavy atom. The number of halogens is 3. The maximum atomic E-state index is 14.0. The van der Waals surface area contributed by atoms with Crippen LogP contribution in [0.3, 0.4) is 0 Å². The van der Waals surface area contributed by atoms with Crippen LogP contribution in [0.2, 0.25) is 10.0 Å². The highest BCUT2D eigenvalue weighted by Crippen LogP contribution is 2.36. The number of carbonyl (C=O) groups excluding carboxylic acids is 2. The topological polar surface area (TPSA) is 114 Å². The van der Waals surface area contributed by atoms with Gasteiger partial charge in [-0.2, -0.15) is 0 Å². The van der Waals surface area contributed by atoms with Gasteiger partial charge in [0.2, 0.25) is 0 Å². The Kier molecular flexibility index (Phi) is 7.88. The number of nitrogens with zero attached hydrogens (tertiary/aromatic N) is 4. The van der Waals surface area contributed by atoms with Gasteiger partial charge in [-0.15, -0.1) is 10.2 Å². The highest BCUT2D eigenvalue weighted by atomic mass is 35.5. The predicted octanol–water partition coefficient (Wildman–Crippen LogP) is 4.82. The standard InChI is InChI=1S/C27H27Cl2FN6O3/c1-15(23-19(28)8-9-20(30)24(23)29)39-22-14-21(33-34-25(22)31)26(37)32-17-4-2-16(3-5-17)27(38)36-12-10-35(11-13-36)18-6-7-18/h2-5,8-9,14-15,18H,6-7,10-13H2,1H3,(H2,31,34)(H,32,37). The van der Waals surface area contributed by atoms with Crippen LogP contribution >= 0.6 is 23.2 Å². The average molecular weight is 573 g/mol. The number of hydrogen-bond donors (Lipinski definition) is 2. The quantitative estimate of drug-likeness (QED) is 0.390. The van der Waals surface area contributed by atoms with E-state index in [-0.39, 0.29) is 38.8 Å². The molecule has 1 aliphatic heterocycles. The third-order valence-corrected chi connectivity index (χ3v) is 7.58. The third kappa shape index (κ3) is 6.08. The molecule has 12 heteroatoms. The first-order valence-corrected chi connectivity index (χ1v) is 13.3. The van der Waals surface area contributed by atoms with Gasteiger partial charge < -0.3 is 20.7 Å². The summed E-state index contributed by atoms with van der Waals surface area (Å²) in [5.74, 6) is -1.24. The van der Waals surface area contributed by atoms with Crippen LogP contribution < -0.4 is 15.8 Å². The molecule has 9 nitrogen and oxygen atoms in total. The Morgan fingerprint density at radius 1 is 1.08 bits per heavy atom. The van der Waals surface area contributed by atoms with Gasteiger partial charge in [0, 0.05) is 60.1 Å². The molecule has 2 amide bonds. The molecule has 1 aliphatic carbocycles. The number of amides is 2. The van der Waals surface area contributed by atoms with Crippen molar-refractivity contribution in [3.05, 3.63) is 75.1 Å². The number of anilines is 2. The Morgan fingerprint density at radius 3 is 2.44 bits per heavy atom. The Hall–Kier alpha value is -3.47. The molecule has 2 fully saturated rings. The van der Waals surface area contributed by atoms with Crippen LogP contribution in [0.4, 0.5) is 15.9 Å². The Labute approximate surface area is 235 Å². The van der Waals surface area contributed by atoms with Crippen molar-refractivity contribution >= 4 is 46.5 Å². The molecule has 2 aliphatic rings. The van der Waals surface area contributed by atoms with Crippen molar-refractivity contribution in [3.8, 4) is 5.75 Å². The van der Waals surface area contributed by atoms with E-state index in [0.717, 1.165) is 19.2 Å². The minimum atomic E-state index is -0.801. The summed E-state index contributed by atoms with van der Waals surface area (Å²) in [5.41, 5.74) is 7.10. The van der Waals surface area contributed by atoms with E-state index in [1.54, 1.807) is 31.2 Å². The lowest BCUT2D eigenvalue weighted by molar-refractivity contribution is 0.0627. The average Bonchev–Trinajstić information content (AvgIpc) is 3.78. The SMILES string of the molecule is CC(Oc1cc(C(=O)Nc2ccc(C(=O)N3CCN(C4CC4)CC3)cc2)nnc1N)c1c(Cl)ccc(F)c1Cl. The van der Waals surface area contributed by atoms with Crippen molar-refractivity contribution in [2.24, 2.45) is 0 Å². The second-order valence-corrected chi connectivity index (χ2v) is 10.4. The van der Waals surface area contributed by atoms with Crippen LogP contribution in [0.25, 0.3) is 0 Å². The Bertz CT molecular complexity index is 1400. The van der Waals surface area contributed by atoms with Crippen molar-refractivity contribution in [2.45, 2.75) is 31.9 Å². The van der Waals surface area contributed by atoms with E-state index in [0.29, 0.717) is 30.4 Å². The molecule has 1 unspecified atom stereocenters. The highest BCUT2D eigenvalue weighted by Gasteiger charge is 2.32. The summed E-state index contributed by atoms with van der Waals surface area (Å²) in [6, 6.07) is 11.2. The molecule has 39 heavy (non-hydrogen) atoms. The first kappa shape index (κ1) is 27.1. The summed E-state index contributed by atoms with van der Waals surface area (Å²) in [6.45, 7) is 4.84. The van der Waals surface area contributed by atoms with Gasteiger partial charge >= 0.3 is 0 Å². The van der Waals surface area contributed by atoms with E-state index in [1.165, 1.54) is 25.0 Å². The van der Waals surface area contributed by atoms with Crippen molar-refractivity contribution < 1.29 is 18.7 Å². The van der Waals surface area contributed by atoms with Crippen molar-refractivity contribution in [2.75, 3.05) is 37.2 Å². The lowest BCUT2D eigenvalue weighted by atomic mass is 10.1. The molecule has 1 saturated carbocycles. The second-order valence-electron chi connectivity index (χ2n) is 9.59.